The van der Waals surface area contributed by atoms with Crippen LogP contribution in [0.25, 0.3) is 0 Å². The second-order valence-corrected chi connectivity index (χ2v) is 6.00. The number of carbonyl (C=O) groups is 2. The Morgan fingerprint density at radius 3 is 1.89 bits per heavy atom. The van der Waals surface area contributed by atoms with Crippen molar-refractivity contribution in [2.24, 2.45) is 0 Å². The highest BCUT2D eigenvalue weighted by Gasteiger charge is 2.19. The van der Waals surface area contributed by atoms with Crippen LogP contribution in [-0.2, 0) is 16.1 Å². The first-order valence-corrected chi connectivity index (χ1v) is 8.72. The van der Waals surface area contributed by atoms with Crippen molar-refractivity contribution in [2.45, 2.75) is 13.0 Å². The highest BCUT2D eigenvalue weighted by atomic mass is 16.5. The summed E-state index contributed by atoms with van der Waals surface area (Å²) in [4.78, 5) is 26.3. The molecule has 0 radical (unpaired) electrons. The van der Waals surface area contributed by atoms with E-state index in [4.69, 9.17) is 18.9 Å². The zero-order valence-electron chi connectivity index (χ0n) is 16.6. The van der Waals surface area contributed by atoms with E-state index in [1.165, 1.54) is 21.3 Å². The van der Waals surface area contributed by atoms with Crippen LogP contribution in [0.1, 0.15) is 22.3 Å². The zero-order valence-corrected chi connectivity index (χ0v) is 16.6. The van der Waals surface area contributed by atoms with Gasteiger partial charge in [0.2, 0.25) is 0 Å². The average molecular weight is 387 g/mol. The van der Waals surface area contributed by atoms with E-state index in [1.807, 2.05) is 24.3 Å². The van der Waals surface area contributed by atoms with Crippen LogP contribution >= 0.6 is 0 Å². The van der Waals surface area contributed by atoms with Crippen molar-refractivity contribution in [1.29, 1.82) is 0 Å². The molecule has 0 aliphatic carbocycles. The number of amides is 1. The van der Waals surface area contributed by atoms with Gasteiger partial charge in [-0.25, -0.2) is 0 Å². The SMILES string of the molecule is COC(=O)CCN(Cc1ccc(OC)cc1)C(=O)c1cc(OC)cc(OC)c1. The van der Waals surface area contributed by atoms with E-state index in [0.717, 1.165) is 11.3 Å². The summed E-state index contributed by atoms with van der Waals surface area (Å²) in [6, 6.07) is 12.4. The Bertz CT molecular complexity index is 781. The lowest BCUT2D eigenvalue weighted by molar-refractivity contribution is -0.140. The number of esters is 1. The smallest absolute Gasteiger partial charge is 0.307 e. The third kappa shape index (κ3) is 5.64. The Balaban J connectivity index is 2.28. The standard InChI is InChI=1S/C21H25NO6/c1-25-17-7-5-15(6-8-17)14-22(10-9-20(23)28-4)21(24)16-11-18(26-2)13-19(12-16)27-3/h5-8,11-13H,9-10,14H2,1-4H3. The normalized spacial score (nSPS) is 10.1. The monoisotopic (exact) mass is 387 g/mol. The number of benzene rings is 2. The Kier molecular flexibility index (Phi) is 7.68. The van der Waals surface area contributed by atoms with E-state index in [-0.39, 0.29) is 24.8 Å². The van der Waals surface area contributed by atoms with E-state index in [1.54, 1.807) is 30.2 Å². The summed E-state index contributed by atoms with van der Waals surface area (Å²) in [6.07, 6.45) is 0.0967. The molecule has 28 heavy (non-hydrogen) atoms. The van der Waals surface area contributed by atoms with Crippen molar-refractivity contribution in [1.82, 2.24) is 4.90 Å². The minimum absolute atomic E-state index is 0.0967. The van der Waals surface area contributed by atoms with Crippen molar-refractivity contribution in [3.63, 3.8) is 0 Å². The molecule has 0 unspecified atom stereocenters. The summed E-state index contributed by atoms with van der Waals surface area (Å²) in [7, 11) is 5.97. The van der Waals surface area contributed by atoms with Crippen molar-refractivity contribution in [2.75, 3.05) is 35.0 Å². The average Bonchev–Trinajstić information content (AvgIpc) is 2.75. The van der Waals surface area contributed by atoms with E-state index in [0.29, 0.717) is 23.6 Å². The predicted octanol–water partition coefficient (Wildman–Crippen LogP) is 2.92. The summed E-state index contributed by atoms with van der Waals surface area (Å²) in [5, 5.41) is 0. The minimum Gasteiger partial charge on any atom is -0.497 e. The molecule has 0 aliphatic heterocycles. The highest BCUT2D eigenvalue weighted by Crippen LogP contribution is 2.24. The van der Waals surface area contributed by atoms with Gasteiger partial charge in [0.15, 0.2) is 0 Å². The summed E-state index contributed by atoms with van der Waals surface area (Å²) in [5.74, 6) is 1.14. The van der Waals surface area contributed by atoms with Crippen LogP contribution < -0.4 is 14.2 Å². The van der Waals surface area contributed by atoms with Crippen LogP contribution in [0.5, 0.6) is 17.2 Å². The number of nitrogens with zero attached hydrogens (tertiary/aromatic N) is 1. The van der Waals surface area contributed by atoms with Crippen molar-refractivity contribution >= 4 is 11.9 Å². The molecular weight excluding hydrogens is 362 g/mol. The molecule has 7 heteroatoms. The molecule has 2 aromatic rings. The van der Waals surface area contributed by atoms with Crippen LogP contribution in [0.2, 0.25) is 0 Å². The molecule has 1 amide bonds. The molecule has 0 heterocycles. The van der Waals surface area contributed by atoms with Crippen molar-refractivity contribution in [3.05, 3.63) is 53.6 Å². The lowest BCUT2D eigenvalue weighted by atomic mass is 10.1. The molecule has 0 spiro atoms. The highest BCUT2D eigenvalue weighted by molar-refractivity contribution is 5.95. The fourth-order valence-corrected chi connectivity index (χ4v) is 2.65. The molecule has 2 aromatic carbocycles. The van der Waals surface area contributed by atoms with Gasteiger partial charge in [-0.15, -0.1) is 0 Å². The van der Waals surface area contributed by atoms with Crippen LogP contribution in [-0.4, -0.2) is 51.8 Å². The third-order valence-electron chi connectivity index (χ3n) is 4.23. The van der Waals surface area contributed by atoms with Crippen LogP contribution in [0, 0.1) is 0 Å². The Labute approximate surface area is 164 Å². The topological polar surface area (TPSA) is 74.3 Å². The summed E-state index contributed by atoms with van der Waals surface area (Å²) < 4.78 is 20.4. The molecule has 0 aromatic heterocycles. The molecule has 2 rings (SSSR count). The second-order valence-electron chi connectivity index (χ2n) is 6.00. The molecule has 0 atom stereocenters. The molecule has 0 saturated carbocycles. The van der Waals surface area contributed by atoms with Gasteiger partial charge in [-0.3, -0.25) is 9.59 Å². The van der Waals surface area contributed by atoms with Crippen LogP contribution in [0.15, 0.2) is 42.5 Å². The van der Waals surface area contributed by atoms with E-state index >= 15 is 0 Å². The molecule has 0 bridgehead atoms. The Hall–Kier alpha value is -3.22. The van der Waals surface area contributed by atoms with Crippen LogP contribution in [0.3, 0.4) is 0 Å². The maximum Gasteiger partial charge on any atom is 0.307 e. The quantitative estimate of drug-likeness (QED) is 0.616. The van der Waals surface area contributed by atoms with Gasteiger partial charge in [0, 0.05) is 24.7 Å². The fraction of sp³-hybridized carbons (Fsp3) is 0.333. The largest absolute Gasteiger partial charge is 0.497 e. The van der Waals surface area contributed by atoms with Crippen molar-refractivity contribution < 1.29 is 28.5 Å². The van der Waals surface area contributed by atoms with E-state index in [2.05, 4.69) is 0 Å². The number of hydrogen-bond acceptors (Lipinski definition) is 6. The summed E-state index contributed by atoms with van der Waals surface area (Å²) >= 11 is 0. The molecule has 0 saturated heterocycles. The summed E-state index contributed by atoms with van der Waals surface area (Å²) in [5.41, 5.74) is 1.32. The first-order chi connectivity index (χ1) is 13.5. The van der Waals surface area contributed by atoms with Gasteiger partial charge in [-0.2, -0.15) is 0 Å². The molecular formula is C21H25NO6. The minimum atomic E-state index is -0.379. The number of hydrogen-bond donors (Lipinski definition) is 0. The number of carbonyl (C=O) groups excluding carboxylic acids is 2. The van der Waals surface area contributed by atoms with Gasteiger partial charge < -0.3 is 23.8 Å². The lowest BCUT2D eigenvalue weighted by Gasteiger charge is -2.23. The van der Waals surface area contributed by atoms with Crippen molar-refractivity contribution in [3.8, 4) is 17.2 Å². The maximum absolute atomic E-state index is 13.1. The van der Waals surface area contributed by atoms with Gasteiger partial charge in [0.1, 0.15) is 17.2 Å². The molecule has 0 fully saturated rings. The van der Waals surface area contributed by atoms with Gasteiger partial charge in [0.05, 0.1) is 34.9 Å². The first kappa shape index (κ1) is 21.1. The molecule has 0 N–H and O–H groups in total. The zero-order chi connectivity index (χ0) is 20.5. The Morgan fingerprint density at radius 2 is 1.39 bits per heavy atom. The number of methoxy groups -OCH3 is 4. The van der Waals surface area contributed by atoms with Gasteiger partial charge in [-0.05, 0) is 29.8 Å². The molecule has 150 valence electrons. The van der Waals surface area contributed by atoms with Gasteiger partial charge in [-0.1, -0.05) is 12.1 Å². The van der Waals surface area contributed by atoms with Gasteiger partial charge >= 0.3 is 5.97 Å². The van der Waals surface area contributed by atoms with E-state index in [9.17, 15) is 9.59 Å². The first-order valence-electron chi connectivity index (χ1n) is 8.72. The predicted molar refractivity (Wildman–Crippen MR) is 104 cm³/mol. The molecule has 0 aliphatic rings. The number of ether oxygens (including phenoxy) is 4. The van der Waals surface area contributed by atoms with E-state index < -0.39 is 0 Å². The maximum atomic E-state index is 13.1. The lowest BCUT2D eigenvalue weighted by Crippen LogP contribution is -2.32. The molecule has 7 nitrogen and oxygen atoms in total. The van der Waals surface area contributed by atoms with Crippen LogP contribution in [0.4, 0.5) is 0 Å². The number of rotatable bonds is 9. The third-order valence-corrected chi connectivity index (χ3v) is 4.23. The Morgan fingerprint density at radius 1 is 0.821 bits per heavy atom. The summed E-state index contributed by atoms with van der Waals surface area (Å²) in [6.45, 7) is 0.552. The second kappa shape index (κ2) is 10.2. The van der Waals surface area contributed by atoms with Gasteiger partial charge in [0.25, 0.3) is 5.91 Å². The fourth-order valence-electron chi connectivity index (χ4n) is 2.65.